The number of alkyl halides is 5. The van der Waals surface area contributed by atoms with E-state index in [4.69, 9.17) is 0 Å². The molecule has 2 heterocycles. The molecule has 0 bridgehead atoms. The van der Waals surface area contributed by atoms with Gasteiger partial charge < -0.3 is 9.30 Å². The zero-order chi connectivity index (χ0) is 26.4. The van der Waals surface area contributed by atoms with E-state index in [0.717, 1.165) is 31.2 Å². The highest BCUT2D eigenvalue weighted by Crippen LogP contribution is 2.40. The van der Waals surface area contributed by atoms with Crippen molar-refractivity contribution in [2.24, 2.45) is 5.92 Å². The van der Waals surface area contributed by atoms with Gasteiger partial charge in [0.25, 0.3) is 0 Å². The third-order valence-corrected chi connectivity index (χ3v) is 7.20. The average molecular weight is 532 g/mol. The summed E-state index contributed by atoms with van der Waals surface area (Å²) >= 11 is 0. The first-order valence-corrected chi connectivity index (χ1v) is 12.1. The Labute approximate surface area is 201 Å². The minimum Gasteiger partial charge on any atom is -0.435 e. The van der Waals surface area contributed by atoms with Crippen LogP contribution in [0.25, 0.3) is 22.3 Å². The van der Waals surface area contributed by atoms with Crippen LogP contribution in [0.5, 0.6) is 5.75 Å². The number of fused-ring (bicyclic) bond motifs is 1. The number of nitriles is 1. The van der Waals surface area contributed by atoms with E-state index in [1.54, 1.807) is 0 Å². The molecule has 0 aliphatic heterocycles. The molecule has 0 saturated heterocycles. The number of benzene rings is 1. The van der Waals surface area contributed by atoms with Crippen molar-refractivity contribution in [2.45, 2.75) is 50.0 Å². The molecule has 1 aromatic carbocycles. The normalized spacial score (nSPS) is 15.3. The summed E-state index contributed by atoms with van der Waals surface area (Å²) in [5.74, 6) is -1.23. The van der Waals surface area contributed by atoms with E-state index in [-0.39, 0.29) is 33.8 Å². The molecule has 1 aliphatic carbocycles. The molecular formula is C22H18F6N4O3S. The molecule has 0 unspecified atom stereocenters. The van der Waals surface area contributed by atoms with Crippen molar-refractivity contribution in [1.82, 2.24) is 14.3 Å². The quantitative estimate of drug-likeness (QED) is 0.414. The highest BCUT2D eigenvalue weighted by molar-refractivity contribution is 7.89. The molecule has 192 valence electrons. The van der Waals surface area contributed by atoms with Gasteiger partial charge in [0.1, 0.15) is 28.6 Å². The van der Waals surface area contributed by atoms with Gasteiger partial charge in [-0.1, -0.05) is 0 Å². The van der Waals surface area contributed by atoms with Gasteiger partial charge in [-0.15, -0.1) is 0 Å². The number of nitrogens with zero attached hydrogens (tertiary/aromatic N) is 3. The Balaban J connectivity index is 1.82. The van der Waals surface area contributed by atoms with Crippen LogP contribution in [0.3, 0.4) is 0 Å². The second-order valence-corrected chi connectivity index (χ2v) is 10.0. The second-order valence-electron chi connectivity index (χ2n) is 8.33. The van der Waals surface area contributed by atoms with Crippen molar-refractivity contribution >= 4 is 20.9 Å². The lowest BCUT2D eigenvalue weighted by Crippen LogP contribution is -2.42. The predicted octanol–water partition coefficient (Wildman–Crippen LogP) is 4.95. The molecule has 1 fully saturated rings. The number of aromatic nitrogens is 2. The van der Waals surface area contributed by atoms with Gasteiger partial charge in [-0.05, 0) is 37.8 Å². The topological polar surface area (TPSA) is 97.0 Å². The van der Waals surface area contributed by atoms with Gasteiger partial charge in [0.15, 0.2) is 0 Å². The monoisotopic (exact) mass is 532 g/mol. The first-order valence-electron chi connectivity index (χ1n) is 10.6. The summed E-state index contributed by atoms with van der Waals surface area (Å²) in [6, 6.07) is 3.65. The van der Waals surface area contributed by atoms with Crippen LogP contribution in [-0.2, 0) is 16.6 Å². The molecule has 1 saturated carbocycles. The zero-order valence-electron chi connectivity index (χ0n) is 18.5. The molecule has 4 rings (SSSR count). The van der Waals surface area contributed by atoms with E-state index >= 15 is 0 Å². The third-order valence-electron chi connectivity index (χ3n) is 5.68. The molecule has 7 nitrogen and oxygen atoms in total. The van der Waals surface area contributed by atoms with Crippen LogP contribution in [0.2, 0.25) is 0 Å². The molecule has 3 aromatic rings. The second kappa shape index (κ2) is 9.29. The SMILES string of the molecule is C[C@H](NS(=O)(=O)c1ccc(-c2c(C#N)c3c(F)cc(OC(F)F)cc3n2CC2CC2)nc1)C(F)(F)F. The Morgan fingerprint density at radius 3 is 2.50 bits per heavy atom. The van der Waals surface area contributed by atoms with Crippen LogP contribution in [0.4, 0.5) is 26.3 Å². The van der Waals surface area contributed by atoms with Gasteiger partial charge in [-0.2, -0.15) is 31.9 Å². The Morgan fingerprint density at radius 2 is 1.97 bits per heavy atom. The number of sulfonamides is 1. The largest absolute Gasteiger partial charge is 0.435 e. The number of nitrogens with one attached hydrogen (secondary N) is 1. The van der Waals surface area contributed by atoms with Crippen LogP contribution in [0.15, 0.2) is 35.4 Å². The number of rotatable bonds is 8. The lowest BCUT2D eigenvalue weighted by atomic mass is 10.1. The van der Waals surface area contributed by atoms with Crippen LogP contribution in [0, 0.1) is 23.1 Å². The average Bonchev–Trinajstić information content (AvgIpc) is 3.54. The maximum Gasteiger partial charge on any atom is 0.404 e. The fourth-order valence-electron chi connectivity index (χ4n) is 3.74. The highest BCUT2D eigenvalue weighted by atomic mass is 32.2. The number of hydrogen-bond acceptors (Lipinski definition) is 5. The first kappa shape index (κ1) is 25.8. The van der Waals surface area contributed by atoms with Crippen LogP contribution in [0.1, 0.15) is 25.3 Å². The van der Waals surface area contributed by atoms with E-state index in [0.29, 0.717) is 13.5 Å². The standard InChI is InChI=1S/C22H18F6N4O3S/c1-11(22(26,27)28)31-36(33,34)14-4-5-17(30-9-14)20-15(8-29)19-16(23)6-13(35-21(24)25)7-18(19)32(20)10-12-2-3-12/h4-7,9,11-12,21,31H,2-3,10H2,1H3/t11-/m0/s1. The van der Waals surface area contributed by atoms with E-state index in [2.05, 4.69) is 9.72 Å². The smallest absolute Gasteiger partial charge is 0.404 e. The van der Waals surface area contributed by atoms with Gasteiger partial charge >= 0.3 is 12.8 Å². The Morgan fingerprint density at radius 1 is 1.28 bits per heavy atom. The summed E-state index contributed by atoms with van der Waals surface area (Å²) in [6.07, 6.45) is -2.28. The maximum absolute atomic E-state index is 15.0. The summed E-state index contributed by atoms with van der Waals surface area (Å²) in [5.41, 5.74) is 0.122. The van der Waals surface area contributed by atoms with Crippen molar-refractivity contribution in [2.75, 3.05) is 0 Å². The summed E-state index contributed by atoms with van der Waals surface area (Å²) in [5, 5.41) is 9.67. The minimum absolute atomic E-state index is 0.0435. The zero-order valence-corrected chi connectivity index (χ0v) is 19.3. The molecule has 0 radical (unpaired) electrons. The van der Waals surface area contributed by atoms with Crippen molar-refractivity contribution in [3.05, 3.63) is 41.8 Å². The number of pyridine rings is 1. The summed E-state index contributed by atoms with van der Waals surface area (Å²) in [6.45, 7) is -2.25. The van der Waals surface area contributed by atoms with Crippen LogP contribution in [-0.4, -0.2) is 36.8 Å². The van der Waals surface area contributed by atoms with Crippen molar-refractivity contribution in [3.63, 3.8) is 0 Å². The summed E-state index contributed by atoms with van der Waals surface area (Å²) in [7, 11) is -4.58. The summed E-state index contributed by atoms with van der Waals surface area (Å²) in [4.78, 5) is 3.48. The molecule has 1 N–H and O–H groups in total. The van der Waals surface area contributed by atoms with Crippen LogP contribution < -0.4 is 9.46 Å². The molecule has 1 atom stereocenters. The Bertz CT molecular complexity index is 1440. The minimum atomic E-state index is -4.80. The third kappa shape index (κ3) is 5.12. The molecule has 0 amide bonds. The molecular weight excluding hydrogens is 514 g/mol. The van der Waals surface area contributed by atoms with Gasteiger partial charge in [-0.25, -0.2) is 12.8 Å². The predicted molar refractivity (Wildman–Crippen MR) is 115 cm³/mol. The Hall–Kier alpha value is -3.31. The van der Waals surface area contributed by atoms with Gasteiger partial charge in [0, 0.05) is 24.9 Å². The van der Waals surface area contributed by atoms with E-state index in [1.165, 1.54) is 21.4 Å². The van der Waals surface area contributed by atoms with E-state index < -0.39 is 45.3 Å². The molecule has 2 aromatic heterocycles. The maximum atomic E-state index is 15.0. The highest BCUT2D eigenvalue weighted by Gasteiger charge is 2.39. The van der Waals surface area contributed by atoms with Gasteiger partial charge in [0.05, 0.1) is 27.9 Å². The molecule has 1 aliphatic rings. The fourth-order valence-corrected chi connectivity index (χ4v) is 4.92. The van der Waals surface area contributed by atoms with Gasteiger partial charge in [0.2, 0.25) is 10.0 Å². The first-order chi connectivity index (χ1) is 16.8. The lowest BCUT2D eigenvalue weighted by Gasteiger charge is -2.17. The van der Waals surface area contributed by atoms with Crippen molar-refractivity contribution < 1.29 is 39.5 Å². The molecule has 0 spiro atoms. The number of halogens is 6. The Kier molecular flexibility index (Phi) is 6.65. The molecule has 14 heteroatoms. The van der Waals surface area contributed by atoms with Crippen LogP contribution >= 0.6 is 0 Å². The molecule has 36 heavy (non-hydrogen) atoms. The number of hydrogen-bond donors (Lipinski definition) is 1. The van der Waals surface area contributed by atoms with E-state index in [1.807, 2.05) is 6.07 Å². The lowest BCUT2D eigenvalue weighted by molar-refractivity contribution is -0.147. The fraction of sp³-hybridized carbons (Fsp3) is 0.364. The number of ether oxygens (including phenoxy) is 1. The van der Waals surface area contributed by atoms with Crippen molar-refractivity contribution in [3.8, 4) is 23.2 Å². The van der Waals surface area contributed by atoms with Crippen molar-refractivity contribution in [1.29, 1.82) is 5.26 Å². The van der Waals surface area contributed by atoms with Gasteiger partial charge in [-0.3, -0.25) is 4.98 Å². The van der Waals surface area contributed by atoms with E-state index in [9.17, 15) is 40.0 Å². The summed E-state index contributed by atoms with van der Waals surface area (Å²) < 4.78 is 111.